The Kier molecular flexibility index (Phi) is 9.69. The normalized spacial score (nSPS) is 17.4. The second kappa shape index (κ2) is 13.6. The van der Waals surface area contributed by atoms with Gasteiger partial charge in [-0.2, -0.15) is 0 Å². The van der Waals surface area contributed by atoms with Crippen LogP contribution >= 0.6 is 35.6 Å². The Labute approximate surface area is 258 Å². The van der Waals surface area contributed by atoms with Crippen molar-refractivity contribution in [3.05, 3.63) is 101 Å². The van der Waals surface area contributed by atoms with Crippen molar-refractivity contribution in [1.82, 2.24) is 9.80 Å². The number of ether oxygens (including phenoxy) is 1. The monoisotopic (exact) mass is 621 g/mol. The van der Waals surface area contributed by atoms with Crippen molar-refractivity contribution in [2.24, 2.45) is 0 Å². The molecule has 2 saturated heterocycles. The molecule has 2 aliphatic rings. The number of hydrogen-bond acceptors (Lipinski definition) is 8. The molecular weight excluding hydrogens is 594 g/mol. The number of carbonyl (C=O) groups is 4. The first kappa shape index (κ1) is 29.9. The van der Waals surface area contributed by atoms with Crippen molar-refractivity contribution in [2.75, 3.05) is 37.7 Å². The molecule has 5 rings (SSSR count). The van der Waals surface area contributed by atoms with Gasteiger partial charge in [-0.25, -0.2) is 9.69 Å². The Balaban J connectivity index is 1.12. The molecule has 2 aliphatic heterocycles. The largest absolute Gasteiger partial charge is 0.454 e. The van der Waals surface area contributed by atoms with Crippen molar-refractivity contribution in [1.29, 1.82) is 0 Å². The van der Waals surface area contributed by atoms with Crippen LogP contribution < -0.4 is 4.90 Å². The third-order valence-corrected chi connectivity index (χ3v) is 9.09. The summed E-state index contributed by atoms with van der Waals surface area (Å²) in [6.07, 6.45) is 0.0472. The summed E-state index contributed by atoms with van der Waals surface area (Å²) < 4.78 is 5.76. The highest BCUT2D eigenvalue weighted by Gasteiger charge is 2.41. The fraction of sp³-hybridized carbons (Fsp3) is 0.258. The minimum Gasteiger partial charge on any atom is -0.454 e. The molecule has 8 nitrogen and oxygen atoms in total. The van der Waals surface area contributed by atoms with Gasteiger partial charge in [0.1, 0.15) is 9.57 Å². The average molecular weight is 622 g/mol. The molecule has 0 bridgehead atoms. The Morgan fingerprint density at radius 1 is 0.905 bits per heavy atom. The molecule has 2 fully saturated rings. The number of carbonyl (C=O) groups excluding carboxylic acids is 4. The fourth-order valence-corrected chi connectivity index (χ4v) is 6.60. The number of piperazine rings is 1. The molecule has 0 aliphatic carbocycles. The van der Waals surface area contributed by atoms with E-state index in [0.29, 0.717) is 10.0 Å². The zero-order chi connectivity index (χ0) is 29.6. The summed E-state index contributed by atoms with van der Waals surface area (Å²) >= 11 is 12.9. The molecule has 0 saturated carbocycles. The second-order valence-corrected chi connectivity index (χ2v) is 12.2. The van der Waals surface area contributed by atoms with E-state index >= 15 is 0 Å². The van der Waals surface area contributed by atoms with Crippen LogP contribution in [-0.2, 0) is 20.9 Å². The quantitative estimate of drug-likeness (QED) is 0.152. The maximum Gasteiger partial charge on any atom is 0.338 e. The van der Waals surface area contributed by atoms with Gasteiger partial charge in [0.25, 0.3) is 0 Å². The first-order valence-electron chi connectivity index (χ1n) is 13.4. The highest BCUT2D eigenvalue weighted by molar-refractivity contribution is 8.23. The van der Waals surface area contributed by atoms with Gasteiger partial charge in [-0.05, 0) is 42.0 Å². The van der Waals surface area contributed by atoms with Crippen LogP contribution in [-0.4, -0.2) is 75.7 Å². The number of hydrogen-bond donors (Lipinski definition) is 0. The summed E-state index contributed by atoms with van der Waals surface area (Å²) in [6, 6.07) is 22.8. The van der Waals surface area contributed by atoms with Crippen LogP contribution in [0.3, 0.4) is 0 Å². The van der Waals surface area contributed by atoms with E-state index in [4.69, 9.17) is 28.6 Å². The van der Waals surface area contributed by atoms with Crippen molar-refractivity contribution >= 4 is 69.2 Å². The Bertz CT molecular complexity index is 1490. The number of thioether (sulfide) groups is 1. The number of halogens is 1. The highest BCUT2D eigenvalue weighted by Crippen LogP contribution is 2.32. The smallest absolute Gasteiger partial charge is 0.338 e. The highest BCUT2D eigenvalue weighted by atomic mass is 35.5. The molecule has 42 heavy (non-hydrogen) atoms. The number of nitrogens with zero attached hydrogens (tertiary/aromatic N) is 3. The second-order valence-electron chi connectivity index (χ2n) is 9.92. The number of amides is 2. The number of esters is 1. The predicted octanol–water partition coefficient (Wildman–Crippen LogP) is 4.85. The summed E-state index contributed by atoms with van der Waals surface area (Å²) in [6.45, 7) is 3.67. The number of ketones is 1. The molecule has 2 heterocycles. The number of benzene rings is 3. The van der Waals surface area contributed by atoms with Crippen LogP contribution in [0.4, 0.5) is 5.69 Å². The first-order valence-corrected chi connectivity index (χ1v) is 15.1. The van der Waals surface area contributed by atoms with Crippen LogP contribution in [0.15, 0.2) is 78.9 Å². The molecule has 0 radical (unpaired) electrons. The molecule has 0 N–H and O–H groups in total. The van der Waals surface area contributed by atoms with Crippen LogP contribution in [0, 0.1) is 0 Å². The number of anilines is 1. The average Bonchev–Trinajstić information content (AvgIpc) is 3.28. The van der Waals surface area contributed by atoms with E-state index < -0.39 is 23.6 Å². The van der Waals surface area contributed by atoms with Gasteiger partial charge in [-0.3, -0.25) is 19.3 Å². The number of Topliss-reactive ketones (excluding diaryl/α,β-unsaturated/α-hetero) is 1. The van der Waals surface area contributed by atoms with E-state index in [1.54, 1.807) is 24.3 Å². The zero-order valence-electron chi connectivity index (χ0n) is 22.6. The molecular formula is C31H28ClN3O5S2. The van der Waals surface area contributed by atoms with Gasteiger partial charge in [-0.15, -0.1) is 0 Å². The lowest BCUT2D eigenvalue weighted by Crippen LogP contribution is -2.47. The molecule has 2 amide bonds. The van der Waals surface area contributed by atoms with Gasteiger partial charge in [0, 0.05) is 44.7 Å². The summed E-state index contributed by atoms with van der Waals surface area (Å²) in [5.41, 5.74) is 2.08. The first-order chi connectivity index (χ1) is 20.3. The number of imide groups is 1. The van der Waals surface area contributed by atoms with E-state index in [9.17, 15) is 19.2 Å². The molecule has 0 spiro atoms. The zero-order valence-corrected chi connectivity index (χ0v) is 25.0. The van der Waals surface area contributed by atoms with Gasteiger partial charge in [0.05, 0.1) is 16.3 Å². The maximum absolute atomic E-state index is 13.2. The molecule has 11 heteroatoms. The summed E-state index contributed by atoms with van der Waals surface area (Å²) in [5.74, 6) is -1.79. The number of rotatable bonds is 8. The van der Waals surface area contributed by atoms with Crippen LogP contribution in [0.25, 0.3) is 0 Å². The summed E-state index contributed by atoms with van der Waals surface area (Å²) in [7, 11) is 0. The topological polar surface area (TPSA) is 87.2 Å². The molecule has 1 atom stereocenters. The summed E-state index contributed by atoms with van der Waals surface area (Å²) in [4.78, 5) is 56.4. The van der Waals surface area contributed by atoms with E-state index in [1.165, 1.54) is 41.6 Å². The number of thiocarbonyl (C=S) groups is 1. The van der Waals surface area contributed by atoms with Gasteiger partial charge in [0.15, 0.2) is 6.61 Å². The van der Waals surface area contributed by atoms with Crippen LogP contribution in [0.2, 0.25) is 5.02 Å². The Morgan fingerprint density at radius 3 is 2.26 bits per heavy atom. The minimum absolute atomic E-state index is 0.0472. The van der Waals surface area contributed by atoms with Crippen molar-refractivity contribution in [2.45, 2.75) is 18.2 Å². The third kappa shape index (κ3) is 7.07. The van der Waals surface area contributed by atoms with E-state index in [2.05, 4.69) is 21.9 Å². The van der Waals surface area contributed by atoms with Gasteiger partial charge in [0.2, 0.25) is 17.6 Å². The lowest BCUT2D eigenvalue weighted by atomic mass is 10.1. The minimum atomic E-state index is -0.705. The standard InChI is InChI=1S/C31H28ClN3O5S2/c32-25-9-5-4-8-24(25)26(36)20-40-30(39)22-10-12-23(13-11-22)35-28(37)18-27(29(35)38)42-31(41)34-16-14-33(15-17-34)19-21-6-2-1-3-7-21/h1-13,27H,14-20H2. The van der Waals surface area contributed by atoms with Gasteiger partial charge in [-0.1, -0.05) is 78.0 Å². The van der Waals surface area contributed by atoms with E-state index in [1.807, 2.05) is 18.2 Å². The Morgan fingerprint density at radius 2 is 1.57 bits per heavy atom. The molecule has 0 aromatic heterocycles. The van der Waals surface area contributed by atoms with Crippen molar-refractivity contribution < 1.29 is 23.9 Å². The fourth-order valence-electron chi connectivity index (χ4n) is 4.82. The maximum atomic E-state index is 13.2. The van der Waals surface area contributed by atoms with Crippen LogP contribution in [0.5, 0.6) is 0 Å². The van der Waals surface area contributed by atoms with Crippen molar-refractivity contribution in [3.8, 4) is 0 Å². The molecule has 3 aromatic carbocycles. The summed E-state index contributed by atoms with van der Waals surface area (Å²) in [5, 5.41) is -0.325. The van der Waals surface area contributed by atoms with Crippen LogP contribution in [0.1, 0.15) is 32.7 Å². The third-order valence-electron chi connectivity index (χ3n) is 7.10. The van der Waals surface area contributed by atoms with E-state index in [-0.39, 0.29) is 34.4 Å². The SMILES string of the molecule is O=C(OCC(=O)c1ccccc1Cl)c1ccc(N2C(=O)CC(SC(=S)N3CCN(Cc4ccccc4)CC3)C2=O)cc1. The van der Waals surface area contributed by atoms with Gasteiger partial charge >= 0.3 is 5.97 Å². The Hall–Kier alpha value is -3.57. The lowest BCUT2D eigenvalue weighted by Gasteiger charge is -2.36. The van der Waals surface area contributed by atoms with Gasteiger partial charge < -0.3 is 9.64 Å². The molecule has 1 unspecified atom stereocenters. The predicted molar refractivity (Wildman–Crippen MR) is 167 cm³/mol. The van der Waals surface area contributed by atoms with E-state index in [0.717, 1.165) is 37.6 Å². The molecule has 216 valence electrons. The van der Waals surface area contributed by atoms with Crippen molar-refractivity contribution in [3.63, 3.8) is 0 Å². The molecule has 3 aromatic rings. The lowest BCUT2D eigenvalue weighted by molar-refractivity contribution is -0.121.